The molecule has 16 heavy (non-hydrogen) atoms. The number of rotatable bonds is 2. The van der Waals surface area contributed by atoms with Gasteiger partial charge in [0.1, 0.15) is 0 Å². The molecule has 1 aliphatic carbocycles. The third kappa shape index (κ3) is 2.16. The molecule has 1 aliphatic rings. The molecule has 2 N–H and O–H groups in total. The third-order valence-corrected chi connectivity index (χ3v) is 3.11. The van der Waals surface area contributed by atoms with Crippen molar-refractivity contribution in [3.8, 4) is 0 Å². The molecule has 2 rings (SSSR count). The summed E-state index contributed by atoms with van der Waals surface area (Å²) in [6.45, 7) is 1.93. The lowest BCUT2D eigenvalue weighted by Crippen LogP contribution is -2.07. The van der Waals surface area contributed by atoms with Gasteiger partial charge in [-0.3, -0.25) is 4.79 Å². The Morgan fingerprint density at radius 2 is 2.12 bits per heavy atom. The van der Waals surface area contributed by atoms with Crippen molar-refractivity contribution < 1.29 is 4.79 Å². The Labute approximate surface area is 96.2 Å². The van der Waals surface area contributed by atoms with Gasteiger partial charge in [0.15, 0.2) is 5.78 Å². The molecule has 0 saturated heterocycles. The molecule has 0 aromatic heterocycles. The first-order valence-electron chi connectivity index (χ1n) is 5.78. The maximum absolute atomic E-state index is 12.2. The highest BCUT2D eigenvalue weighted by molar-refractivity contribution is 6.09. The molecular weight excluding hydrogens is 198 g/mol. The van der Waals surface area contributed by atoms with Crippen LogP contribution in [0.3, 0.4) is 0 Å². The number of aryl methyl sites for hydroxylation is 1. The van der Waals surface area contributed by atoms with E-state index in [4.69, 9.17) is 5.73 Å². The van der Waals surface area contributed by atoms with Crippen LogP contribution in [0.25, 0.3) is 0 Å². The lowest BCUT2D eigenvalue weighted by Gasteiger charge is -2.12. The molecule has 84 valence electrons. The van der Waals surface area contributed by atoms with Gasteiger partial charge in [-0.15, -0.1) is 0 Å². The van der Waals surface area contributed by atoms with E-state index in [1.54, 1.807) is 0 Å². The van der Waals surface area contributed by atoms with Crippen LogP contribution >= 0.6 is 0 Å². The van der Waals surface area contributed by atoms with Crippen LogP contribution in [0.1, 0.15) is 41.6 Å². The summed E-state index contributed by atoms with van der Waals surface area (Å²) in [5.74, 6) is 0.169. The van der Waals surface area contributed by atoms with Crippen molar-refractivity contribution in [2.45, 2.75) is 32.6 Å². The second kappa shape index (κ2) is 4.52. The van der Waals surface area contributed by atoms with Crippen molar-refractivity contribution in [2.75, 3.05) is 5.73 Å². The Bertz CT molecular complexity index is 446. The van der Waals surface area contributed by atoms with Crippen LogP contribution in [-0.4, -0.2) is 5.78 Å². The van der Waals surface area contributed by atoms with E-state index in [2.05, 4.69) is 6.08 Å². The van der Waals surface area contributed by atoms with Gasteiger partial charge in [-0.05, 0) is 61.9 Å². The second-order valence-corrected chi connectivity index (χ2v) is 4.38. The fourth-order valence-corrected chi connectivity index (χ4v) is 2.05. The number of nitrogens with two attached hydrogens (primary N) is 1. The number of Topliss-reactive ketones (excluding diaryl/α,β-unsaturated/α-hetero) is 1. The normalized spacial score (nSPS) is 15.7. The maximum atomic E-state index is 12.2. The summed E-state index contributed by atoms with van der Waals surface area (Å²) in [5, 5.41) is 0. The number of hydrogen-bond acceptors (Lipinski definition) is 2. The van der Waals surface area contributed by atoms with E-state index in [1.165, 1.54) is 6.42 Å². The highest BCUT2D eigenvalue weighted by atomic mass is 16.1. The molecule has 0 aliphatic heterocycles. The summed E-state index contributed by atoms with van der Waals surface area (Å²) in [5.41, 5.74) is 9.19. The van der Waals surface area contributed by atoms with E-state index in [-0.39, 0.29) is 5.78 Å². The van der Waals surface area contributed by atoms with Crippen LogP contribution in [0.2, 0.25) is 0 Å². The number of carbonyl (C=O) groups excluding carboxylic acids is 1. The standard InChI is InChI=1S/C14H17NO/c1-10-9-12(7-8-13(10)15)14(16)11-5-3-2-4-6-11/h5,7-9H,2-4,6,15H2,1H3. The smallest absolute Gasteiger partial charge is 0.188 e. The molecule has 2 heteroatoms. The Morgan fingerprint density at radius 3 is 2.75 bits per heavy atom. The van der Waals surface area contributed by atoms with Gasteiger partial charge in [0.25, 0.3) is 0 Å². The molecule has 0 heterocycles. The molecule has 0 fully saturated rings. The van der Waals surface area contributed by atoms with Crippen molar-refractivity contribution in [2.24, 2.45) is 0 Å². The number of allylic oxidation sites excluding steroid dienone is 2. The minimum absolute atomic E-state index is 0.169. The number of hydrogen-bond donors (Lipinski definition) is 1. The first-order chi connectivity index (χ1) is 7.68. The predicted molar refractivity (Wildman–Crippen MR) is 66.5 cm³/mol. The number of nitrogen functional groups attached to an aromatic ring is 1. The highest BCUT2D eigenvalue weighted by Gasteiger charge is 2.14. The Kier molecular flexibility index (Phi) is 3.09. The summed E-state index contributed by atoms with van der Waals surface area (Å²) in [4.78, 5) is 12.2. The van der Waals surface area contributed by atoms with Gasteiger partial charge >= 0.3 is 0 Å². The van der Waals surface area contributed by atoms with E-state index in [0.29, 0.717) is 0 Å². The molecule has 0 unspecified atom stereocenters. The molecular formula is C14H17NO. The SMILES string of the molecule is Cc1cc(C(=O)C2=CCCCC2)ccc1N. The molecule has 0 radical (unpaired) electrons. The third-order valence-electron chi connectivity index (χ3n) is 3.11. The summed E-state index contributed by atoms with van der Waals surface area (Å²) in [6, 6.07) is 5.51. The largest absolute Gasteiger partial charge is 0.399 e. The highest BCUT2D eigenvalue weighted by Crippen LogP contribution is 2.22. The van der Waals surface area contributed by atoms with Gasteiger partial charge in [0.05, 0.1) is 0 Å². The maximum Gasteiger partial charge on any atom is 0.188 e. The molecule has 0 amide bonds. The van der Waals surface area contributed by atoms with Crippen LogP contribution in [-0.2, 0) is 0 Å². The van der Waals surface area contributed by atoms with E-state index < -0.39 is 0 Å². The van der Waals surface area contributed by atoms with E-state index in [9.17, 15) is 4.79 Å². The summed E-state index contributed by atoms with van der Waals surface area (Å²) in [7, 11) is 0. The van der Waals surface area contributed by atoms with Gasteiger partial charge in [0.2, 0.25) is 0 Å². The zero-order valence-electron chi connectivity index (χ0n) is 9.62. The second-order valence-electron chi connectivity index (χ2n) is 4.38. The van der Waals surface area contributed by atoms with Crippen molar-refractivity contribution in [1.29, 1.82) is 0 Å². The summed E-state index contributed by atoms with van der Waals surface area (Å²) < 4.78 is 0. The molecule has 1 aromatic rings. The molecule has 2 nitrogen and oxygen atoms in total. The number of benzene rings is 1. The van der Waals surface area contributed by atoms with E-state index in [1.807, 2.05) is 25.1 Å². The minimum Gasteiger partial charge on any atom is -0.399 e. The molecule has 0 spiro atoms. The van der Waals surface area contributed by atoms with Crippen LogP contribution in [0.4, 0.5) is 5.69 Å². The van der Waals surface area contributed by atoms with Gasteiger partial charge in [-0.1, -0.05) is 6.08 Å². The Balaban J connectivity index is 2.26. The molecule has 0 saturated carbocycles. The van der Waals surface area contributed by atoms with Crippen molar-refractivity contribution >= 4 is 11.5 Å². The average molecular weight is 215 g/mol. The van der Waals surface area contributed by atoms with Crippen molar-refractivity contribution in [3.05, 3.63) is 41.0 Å². The average Bonchev–Trinajstić information content (AvgIpc) is 2.33. The van der Waals surface area contributed by atoms with Gasteiger partial charge < -0.3 is 5.73 Å². The number of carbonyl (C=O) groups is 1. The van der Waals surface area contributed by atoms with Crippen molar-refractivity contribution in [1.82, 2.24) is 0 Å². The molecule has 0 atom stereocenters. The lowest BCUT2D eigenvalue weighted by molar-refractivity contribution is 0.102. The lowest BCUT2D eigenvalue weighted by atomic mass is 9.92. The van der Waals surface area contributed by atoms with Gasteiger partial charge in [-0.2, -0.15) is 0 Å². The number of ketones is 1. The minimum atomic E-state index is 0.169. The quantitative estimate of drug-likeness (QED) is 0.607. The predicted octanol–water partition coefficient (Wildman–Crippen LogP) is 3.26. The molecule has 1 aromatic carbocycles. The van der Waals surface area contributed by atoms with Crippen LogP contribution in [0.5, 0.6) is 0 Å². The van der Waals surface area contributed by atoms with Crippen LogP contribution < -0.4 is 5.73 Å². The first-order valence-corrected chi connectivity index (χ1v) is 5.78. The summed E-state index contributed by atoms with van der Waals surface area (Å²) >= 11 is 0. The zero-order valence-corrected chi connectivity index (χ0v) is 9.62. The molecule has 0 bridgehead atoms. The topological polar surface area (TPSA) is 43.1 Å². The van der Waals surface area contributed by atoms with Crippen molar-refractivity contribution in [3.63, 3.8) is 0 Å². The van der Waals surface area contributed by atoms with E-state index in [0.717, 1.165) is 41.6 Å². The fourth-order valence-electron chi connectivity index (χ4n) is 2.05. The summed E-state index contributed by atoms with van der Waals surface area (Å²) in [6.07, 6.45) is 6.37. The Hall–Kier alpha value is -1.57. The van der Waals surface area contributed by atoms with Crippen LogP contribution in [0, 0.1) is 6.92 Å². The monoisotopic (exact) mass is 215 g/mol. The zero-order chi connectivity index (χ0) is 11.5. The van der Waals surface area contributed by atoms with Crippen LogP contribution in [0.15, 0.2) is 29.8 Å². The van der Waals surface area contributed by atoms with Gasteiger partial charge in [-0.25, -0.2) is 0 Å². The Morgan fingerprint density at radius 1 is 1.31 bits per heavy atom. The number of anilines is 1. The van der Waals surface area contributed by atoms with E-state index >= 15 is 0 Å². The fraction of sp³-hybridized carbons (Fsp3) is 0.357. The first kappa shape index (κ1) is 10.9. The van der Waals surface area contributed by atoms with Gasteiger partial charge in [0, 0.05) is 11.3 Å².